The molecule has 2 rings (SSSR count). The van der Waals surface area contributed by atoms with Crippen LogP contribution in [0.2, 0.25) is 5.02 Å². The summed E-state index contributed by atoms with van der Waals surface area (Å²) in [5.74, 6) is -0.184. The van der Waals surface area contributed by atoms with Crippen LogP contribution in [-0.2, 0) is 6.54 Å². The third kappa shape index (κ3) is 3.78. The average molecular weight is 343 g/mol. The molecule has 0 bridgehead atoms. The first kappa shape index (κ1) is 14.5. The molecule has 4 heteroatoms. The van der Waals surface area contributed by atoms with E-state index in [1.54, 1.807) is 12.1 Å². The molecule has 1 nitrogen and oxygen atoms in total. The molecule has 1 N–H and O–H groups in total. The highest BCUT2D eigenvalue weighted by Gasteiger charge is 2.09. The van der Waals surface area contributed by atoms with E-state index in [0.717, 1.165) is 10.0 Å². The predicted octanol–water partition coefficient (Wildman–Crippen LogP) is 5.09. The van der Waals surface area contributed by atoms with Crippen molar-refractivity contribution in [3.05, 3.63) is 68.9 Å². The lowest BCUT2D eigenvalue weighted by Crippen LogP contribution is -2.19. The number of rotatable bonds is 4. The third-order valence-electron chi connectivity index (χ3n) is 2.97. The summed E-state index contributed by atoms with van der Waals surface area (Å²) >= 11 is 9.39. The van der Waals surface area contributed by atoms with Gasteiger partial charge < -0.3 is 5.32 Å². The van der Waals surface area contributed by atoms with Gasteiger partial charge in [-0.3, -0.25) is 0 Å². The Hall–Kier alpha value is -0.900. The zero-order chi connectivity index (χ0) is 13.8. The van der Waals surface area contributed by atoms with Gasteiger partial charge >= 0.3 is 0 Å². The van der Waals surface area contributed by atoms with Crippen molar-refractivity contribution >= 4 is 27.5 Å². The molecule has 2 aromatic rings. The zero-order valence-electron chi connectivity index (χ0n) is 10.5. The molecular weight excluding hydrogens is 329 g/mol. The molecule has 0 amide bonds. The summed E-state index contributed by atoms with van der Waals surface area (Å²) < 4.78 is 14.5. The minimum Gasteiger partial charge on any atom is -0.306 e. The van der Waals surface area contributed by atoms with Crippen molar-refractivity contribution in [2.24, 2.45) is 0 Å². The fourth-order valence-electron chi connectivity index (χ4n) is 1.86. The first-order valence-corrected chi connectivity index (χ1v) is 7.17. The van der Waals surface area contributed by atoms with Crippen LogP contribution in [0.15, 0.2) is 46.9 Å². The van der Waals surface area contributed by atoms with Gasteiger partial charge in [0.25, 0.3) is 0 Å². The largest absolute Gasteiger partial charge is 0.306 e. The number of halogens is 3. The van der Waals surface area contributed by atoms with Crippen LogP contribution >= 0.6 is 27.5 Å². The number of hydrogen-bond acceptors (Lipinski definition) is 1. The van der Waals surface area contributed by atoms with Gasteiger partial charge in [-0.15, -0.1) is 0 Å². The fraction of sp³-hybridized carbons (Fsp3) is 0.200. The van der Waals surface area contributed by atoms with Gasteiger partial charge in [-0.25, -0.2) is 4.39 Å². The van der Waals surface area contributed by atoms with Crippen LogP contribution in [0.25, 0.3) is 0 Å². The molecule has 0 aliphatic rings. The van der Waals surface area contributed by atoms with Gasteiger partial charge in [0.15, 0.2) is 0 Å². The SMILES string of the molecule is C[C@@H](NCc1ccc(Br)c(Cl)c1)c1ccccc1F. The van der Waals surface area contributed by atoms with Crippen LogP contribution in [0, 0.1) is 5.82 Å². The molecule has 0 unspecified atom stereocenters. The van der Waals surface area contributed by atoms with E-state index in [0.29, 0.717) is 17.1 Å². The second kappa shape index (κ2) is 6.51. The summed E-state index contributed by atoms with van der Waals surface area (Å²) in [6.45, 7) is 2.58. The Balaban J connectivity index is 2.02. The van der Waals surface area contributed by atoms with Crippen LogP contribution in [0.4, 0.5) is 4.39 Å². The Bertz CT molecular complexity index is 574. The van der Waals surface area contributed by atoms with Gasteiger partial charge in [0, 0.05) is 22.6 Å². The van der Waals surface area contributed by atoms with Crippen molar-refractivity contribution in [1.82, 2.24) is 5.32 Å². The zero-order valence-corrected chi connectivity index (χ0v) is 12.8. The summed E-state index contributed by atoms with van der Waals surface area (Å²) in [6.07, 6.45) is 0. The standard InChI is InChI=1S/C15H14BrClFN/c1-10(12-4-2-3-5-15(12)18)19-9-11-6-7-13(16)14(17)8-11/h2-8,10,19H,9H2,1H3/t10-/m1/s1. The molecule has 0 aliphatic carbocycles. The molecule has 0 heterocycles. The van der Waals surface area contributed by atoms with Crippen LogP contribution in [0.1, 0.15) is 24.1 Å². The van der Waals surface area contributed by atoms with E-state index >= 15 is 0 Å². The van der Waals surface area contributed by atoms with E-state index in [9.17, 15) is 4.39 Å². The van der Waals surface area contributed by atoms with Crippen molar-refractivity contribution < 1.29 is 4.39 Å². The Morgan fingerprint density at radius 3 is 2.68 bits per heavy atom. The number of hydrogen-bond donors (Lipinski definition) is 1. The number of nitrogens with one attached hydrogen (secondary N) is 1. The van der Waals surface area contributed by atoms with Crippen LogP contribution in [0.5, 0.6) is 0 Å². The molecule has 2 aromatic carbocycles. The maximum atomic E-state index is 13.6. The molecular formula is C15H14BrClFN. The van der Waals surface area contributed by atoms with Gasteiger partial charge in [0.05, 0.1) is 5.02 Å². The van der Waals surface area contributed by atoms with E-state index in [4.69, 9.17) is 11.6 Å². The van der Waals surface area contributed by atoms with E-state index < -0.39 is 0 Å². The Morgan fingerprint density at radius 1 is 1.26 bits per heavy atom. The summed E-state index contributed by atoms with van der Waals surface area (Å²) in [5, 5.41) is 3.97. The van der Waals surface area contributed by atoms with E-state index in [2.05, 4.69) is 21.2 Å². The van der Waals surface area contributed by atoms with Gasteiger partial charge in [0.1, 0.15) is 5.82 Å². The summed E-state index contributed by atoms with van der Waals surface area (Å²) in [4.78, 5) is 0. The molecule has 0 aliphatic heterocycles. The Kier molecular flexibility index (Phi) is 4.97. The summed E-state index contributed by atoms with van der Waals surface area (Å²) in [6, 6.07) is 12.5. The third-order valence-corrected chi connectivity index (χ3v) is 4.20. The molecule has 0 aromatic heterocycles. The normalized spacial score (nSPS) is 12.4. The van der Waals surface area contributed by atoms with E-state index in [-0.39, 0.29) is 11.9 Å². The van der Waals surface area contributed by atoms with Crippen molar-refractivity contribution in [3.63, 3.8) is 0 Å². The number of benzene rings is 2. The highest BCUT2D eigenvalue weighted by atomic mass is 79.9. The molecule has 0 fully saturated rings. The maximum Gasteiger partial charge on any atom is 0.127 e. The smallest absolute Gasteiger partial charge is 0.127 e. The summed E-state index contributed by atoms with van der Waals surface area (Å²) in [7, 11) is 0. The second-order valence-electron chi connectivity index (χ2n) is 4.37. The van der Waals surface area contributed by atoms with Crippen molar-refractivity contribution in [3.8, 4) is 0 Å². The maximum absolute atomic E-state index is 13.6. The minimum absolute atomic E-state index is 0.0522. The lowest BCUT2D eigenvalue weighted by Gasteiger charge is -2.15. The lowest BCUT2D eigenvalue weighted by atomic mass is 10.1. The first-order chi connectivity index (χ1) is 9.08. The highest BCUT2D eigenvalue weighted by Crippen LogP contribution is 2.23. The quantitative estimate of drug-likeness (QED) is 0.816. The molecule has 0 saturated carbocycles. The lowest BCUT2D eigenvalue weighted by molar-refractivity contribution is 0.528. The van der Waals surface area contributed by atoms with Gasteiger partial charge in [-0.2, -0.15) is 0 Å². The van der Waals surface area contributed by atoms with Gasteiger partial charge in [-0.05, 0) is 46.6 Å². The molecule has 1 atom stereocenters. The van der Waals surface area contributed by atoms with Crippen molar-refractivity contribution in [2.75, 3.05) is 0 Å². The summed E-state index contributed by atoms with van der Waals surface area (Å²) in [5.41, 5.74) is 1.74. The molecule has 19 heavy (non-hydrogen) atoms. The second-order valence-corrected chi connectivity index (χ2v) is 5.63. The van der Waals surface area contributed by atoms with Crippen LogP contribution in [0.3, 0.4) is 0 Å². The molecule has 0 radical (unpaired) electrons. The van der Waals surface area contributed by atoms with Crippen LogP contribution < -0.4 is 5.32 Å². The Morgan fingerprint density at radius 2 is 2.00 bits per heavy atom. The Labute approximate surface area is 125 Å². The van der Waals surface area contributed by atoms with Crippen molar-refractivity contribution in [1.29, 1.82) is 0 Å². The van der Waals surface area contributed by atoms with Gasteiger partial charge in [-0.1, -0.05) is 35.9 Å². The van der Waals surface area contributed by atoms with E-state index in [1.807, 2.05) is 31.2 Å². The van der Waals surface area contributed by atoms with Gasteiger partial charge in [0.2, 0.25) is 0 Å². The fourth-order valence-corrected chi connectivity index (χ4v) is 2.31. The highest BCUT2D eigenvalue weighted by molar-refractivity contribution is 9.10. The molecule has 0 spiro atoms. The van der Waals surface area contributed by atoms with Crippen LogP contribution in [-0.4, -0.2) is 0 Å². The minimum atomic E-state index is -0.184. The monoisotopic (exact) mass is 341 g/mol. The molecule has 0 saturated heterocycles. The van der Waals surface area contributed by atoms with Crippen molar-refractivity contribution in [2.45, 2.75) is 19.5 Å². The topological polar surface area (TPSA) is 12.0 Å². The molecule has 100 valence electrons. The average Bonchev–Trinajstić information content (AvgIpc) is 2.40. The predicted molar refractivity (Wildman–Crippen MR) is 80.8 cm³/mol. The first-order valence-electron chi connectivity index (χ1n) is 5.99. The van der Waals surface area contributed by atoms with E-state index in [1.165, 1.54) is 6.07 Å².